The van der Waals surface area contributed by atoms with Crippen LogP contribution in [0.25, 0.3) is 22.2 Å². The first-order valence-corrected chi connectivity index (χ1v) is 9.36. The summed E-state index contributed by atoms with van der Waals surface area (Å²) in [6.07, 6.45) is 4.54. The van der Waals surface area contributed by atoms with Crippen LogP contribution in [-0.4, -0.2) is 34.1 Å². The van der Waals surface area contributed by atoms with E-state index in [1.54, 1.807) is 0 Å². The Labute approximate surface area is 153 Å². The third-order valence-electron chi connectivity index (χ3n) is 5.07. The second-order valence-corrected chi connectivity index (χ2v) is 7.02. The minimum absolute atomic E-state index is 0.0799. The molecule has 0 saturated carbocycles. The number of aromatic nitrogens is 2. The van der Waals surface area contributed by atoms with Crippen LogP contribution in [0.15, 0.2) is 48.5 Å². The average molecular weight is 345 g/mol. The first-order chi connectivity index (χ1) is 12.7. The molecule has 0 N–H and O–H groups in total. The van der Waals surface area contributed by atoms with Gasteiger partial charge in [-0.15, -0.1) is 10.2 Å². The zero-order chi connectivity index (χ0) is 17.9. The van der Waals surface area contributed by atoms with Crippen LogP contribution in [0.5, 0.6) is 0 Å². The van der Waals surface area contributed by atoms with E-state index in [0.29, 0.717) is 11.3 Å². The maximum atomic E-state index is 13.5. The van der Waals surface area contributed by atoms with Gasteiger partial charge >= 0.3 is 0 Å². The Morgan fingerprint density at radius 2 is 1.65 bits per heavy atom. The van der Waals surface area contributed by atoms with Crippen molar-refractivity contribution in [3.63, 3.8) is 0 Å². The third-order valence-corrected chi connectivity index (χ3v) is 5.07. The van der Waals surface area contributed by atoms with Crippen LogP contribution in [0.4, 0.5) is 0 Å². The van der Waals surface area contributed by atoms with E-state index in [0.717, 1.165) is 48.0 Å². The van der Waals surface area contributed by atoms with Crippen molar-refractivity contribution < 1.29 is 4.79 Å². The number of likely N-dealkylation sites (tertiary alicyclic amines) is 1. The fraction of sp³-hybridized carbons (Fsp3) is 0.318. The van der Waals surface area contributed by atoms with Crippen LogP contribution in [0, 0.1) is 6.92 Å². The van der Waals surface area contributed by atoms with Crippen molar-refractivity contribution in [1.29, 1.82) is 0 Å². The highest BCUT2D eigenvalue weighted by molar-refractivity contribution is 6.10. The van der Waals surface area contributed by atoms with E-state index in [9.17, 15) is 4.79 Å². The number of carbonyl (C=O) groups is 1. The molecule has 0 aliphatic carbocycles. The van der Waals surface area contributed by atoms with Crippen molar-refractivity contribution in [2.75, 3.05) is 13.1 Å². The average Bonchev–Trinajstić information content (AvgIpc) is 2.96. The molecule has 132 valence electrons. The largest absolute Gasteiger partial charge is 0.339 e. The number of aryl methyl sites for hydroxylation is 1. The Morgan fingerprint density at radius 1 is 0.923 bits per heavy atom. The van der Waals surface area contributed by atoms with Crippen LogP contribution >= 0.6 is 0 Å². The zero-order valence-electron chi connectivity index (χ0n) is 15.1. The van der Waals surface area contributed by atoms with Gasteiger partial charge in [0.2, 0.25) is 0 Å². The van der Waals surface area contributed by atoms with Gasteiger partial charge in [-0.25, -0.2) is 0 Å². The number of fused-ring (bicyclic) bond motifs is 1. The molecule has 1 aromatic heterocycles. The van der Waals surface area contributed by atoms with E-state index in [4.69, 9.17) is 0 Å². The van der Waals surface area contributed by atoms with Crippen LogP contribution in [-0.2, 0) is 0 Å². The Hall–Kier alpha value is -2.75. The van der Waals surface area contributed by atoms with Gasteiger partial charge in [0.25, 0.3) is 5.91 Å². The number of nitrogens with zero attached hydrogens (tertiary/aromatic N) is 3. The third kappa shape index (κ3) is 3.19. The first kappa shape index (κ1) is 16.7. The summed E-state index contributed by atoms with van der Waals surface area (Å²) in [5.74, 6) is 0.0799. The second-order valence-electron chi connectivity index (χ2n) is 7.02. The Morgan fingerprint density at radius 3 is 2.38 bits per heavy atom. The van der Waals surface area contributed by atoms with E-state index in [1.807, 2.05) is 54.3 Å². The molecule has 3 aromatic rings. The number of hydrogen-bond acceptors (Lipinski definition) is 3. The number of benzene rings is 2. The van der Waals surface area contributed by atoms with Gasteiger partial charge in [0.1, 0.15) is 5.69 Å². The van der Waals surface area contributed by atoms with Crippen LogP contribution in [0.2, 0.25) is 0 Å². The predicted molar refractivity (Wildman–Crippen MR) is 104 cm³/mol. The molecule has 0 bridgehead atoms. The van der Waals surface area contributed by atoms with Crippen molar-refractivity contribution >= 4 is 16.8 Å². The zero-order valence-corrected chi connectivity index (χ0v) is 15.1. The summed E-state index contributed by atoms with van der Waals surface area (Å²) in [5.41, 5.74) is 4.19. The van der Waals surface area contributed by atoms with E-state index in [-0.39, 0.29) is 5.91 Å². The minimum atomic E-state index is 0.0799. The molecular weight excluding hydrogens is 322 g/mol. The van der Waals surface area contributed by atoms with E-state index >= 15 is 0 Å². The SMILES string of the molecule is Cc1ccc2nnc(-c3ccccc3)c(C(=O)N3CCCCCC3)c2c1. The highest BCUT2D eigenvalue weighted by Gasteiger charge is 2.24. The lowest BCUT2D eigenvalue weighted by molar-refractivity contribution is 0.0764. The lowest BCUT2D eigenvalue weighted by Crippen LogP contribution is -2.32. The fourth-order valence-corrected chi connectivity index (χ4v) is 3.67. The number of amides is 1. The van der Waals surface area contributed by atoms with Crippen LogP contribution in [0.3, 0.4) is 0 Å². The van der Waals surface area contributed by atoms with Gasteiger partial charge in [0.05, 0.1) is 11.1 Å². The van der Waals surface area contributed by atoms with Gasteiger partial charge in [0, 0.05) is 24.0 Å². The Balaban J connectivity index is 1.91. The van der Waals surface area contributed by atoms with E-state index < -0.39 is 0 Å². The lowest BCUT2D eigenvalue weighted by atomic mass is 9.99. The van der Waals surface area contributed by atoms with Gasteiger partial charge in [-0.2, -0.15) is 0 Å². The highest BCUT2D eigenvalue weighted by atomic mass is 16.2. The summed E-state index contributed by atoms with van der Waals surface area (Å²) in [7, 11) is 0. The molecule has 0 unspecified atom stereocenters. The molecule has 2 heterocycles. The van der Waals surface area contributed by atoms with Gasteiger partial charge < -0.3 is 4.90 Å². The smallest absolute Gasteiger partial charge is 0.256 e. The standard InChI is InChI=1S/C22H23N3O/c1-16-11-12-19-18(15-16)20(22(26)25-13-7-2-3-8-14-25)21(24-23-19)17-9-5-4-6-10-17/h4-6,9-12,15H,2-3,7-8,13-14H2,1H3. The molecule has 4 nitrogen and oxygen atoms in total. The van der Waals surface area contributed by atoms with Crippen molar-refractivity contribution in [1.82, 2.24) is 15.1 Å². The molecule has 1 saturated heterocycles. The molecule has 4 heteroatoms. The number of rotatable bonds is 2. The summed E-state index contributed by atoms with van der Waals surface area (Å²) in [6, 6.07) is 15.9. The van der Waals surface area contributed by atoms with Gasteiger partial charge in [-0.1, -0.05) is 54.8 Å². The molecule has 1 fully saturated rings. The molecule has 26 heavy (non-hydrogen) atoms. The second kappa shape index (κ2) is 7.24. The maximum absolute atomic E-state index is 13.5. The molecule has 1 aliphatic heterocycles. The lowest BCUT2D eigenvalue weighted by Gasteiger charge is -2.22. The van der Waals surface area contributed by atoms with Gasteiger partial charge in [-0.3, -0.25) is 4.79 Å². The predicted octanol–water partition coefficient (Wildman–Crippen LogP) is 4.62. The Kier molecular flexibility index (Phi) is 4.65. The topological polar surface area (TPSA) is 46.1 Å². The summed E-state index contributed by atoms with van der Waals surface area (Å²) in [6.45, 7) is 3.69. The summed E-state index contributed by atoms with van der Waals surface area (Å²) in [4.78, 5) is 15.5. The van der Waals surface area contributed by atoms with Crippen molar-refractivity contribution in [2.45, 2.75) is 32.6 Å². The van der Waals surface area contributed by atoms with Crippen LogP contribution in [0.1, 0.15) is 41.6 Å². The Bertz CT molecular complexity index is 929. The quantitative estimate of drug-likeness (QED) is 0.681. The molecule has 2 aromatic carbocycles. The van der Waals surface area contributed by atoms with Crippen molar-refractivity contribution in [3.05, 3.63) is 59.7 Å². The molecule has 1 aliphatic rings. The molecule has 0 atom stereocenters. The molecular formula is C22H23N3O. The molecule has 0 radical (unpaired) electrons. The maximum Gasteiger partial charge on any atom is 0.256 e. The normalized spacial score (nSPS) is 15.0. The van der Waals surface area contributed by atoms with Gasteiger partial charge in [0.15, 0.2) is 0 Å². The van der Waals surface area contributed by atoms with Crippen molar-refractivity contribution in [3.8, 4) is 11.3 Å². The molecule has 1 amide bonds. The molecule has 0 spiro atoms. The minimum Gasteiger partial charge on any atom is -0.339 e. The highest BCUT2D eigenvalue weighted by Crippen LogP contribution is 2.29. The first-order valence-electron chi connectivity index (χ1n) is 9.36. The monoisotopic (exact) mass is 345 g/mol. The van der Waals surface area contributed by atoms with Crippen LogP contribution < -0.4 is 0 Å². The number of hydrogen-bond donors (Lipinski definition) is 0. The van der Waals surface area contributed by atoms with Crippen molar-refractivity contribution in [2.24, 2.45) is 0 Å². The summed E-state index contributed by atoms with van der Waals surface area (Å²) >= 11 is 0. The summed E-state index contributed by atoms with van der Waals surface area (Å²) < 4.78 is 0. The van der Waals surface area contributed by atoms with E-state index in [2.05, 4.69) is 16.3 Å². The summed E-state index contributed by atoms with van der Waals surface area (Å²) in [5, 5.41) is 9.73. The fourth-order valence-electron chi connectivity index (χ4n) is 3.67. The molecule has 4 rings (SSSR count). The van der Waals surface area contributed by atoms with Gasteiger partial charge in [-0.05, 0) is 31.9 Å². The number of carbonyl (C=O) groups excluding carboxylic acids is 1. The van der Waals surface area contributed by atoms with E-state index in [1.165, 1.54) is 12.8 Å².